The van der Waals surface area contributed by atoms with Gasteiger partial charge >= 0.3 is 12.1 Å². The quantitative estimate of drug-likeness (QED) is 0.281. The van der Waals surface area contributed by atoms with Gasteiger partial charge in [0.1, 0.15) is 23.5 Å². The van der Waals surface area contributed by atoms with Crippen molar-refractivity contribution in [3.8, 4) is 5.75 Å². The summed E-state index contributed by atoms with van der Waals surface area (Å²) in [4.78, 5) is 20.0. The third-order valence-corrected chi connectivity index (χ3v) is 7.91. The Kier molecular flexibility index (Phi) is 9.90. The highest BCUT2D eigenvalue weighted by molar-refractivity contribution is 5.81. The van der Waals surface area contributed by atoms with Gasteiger partial charge in [-0.2, -0.15) is 13.2 Å². The van der Waals surface area contributed by atoms with Crippen LogP contribution in [0.2, 0.25) is 0 Å². The molecule has 2 bridgehead atoms. The lowest BCUT2D eigenvalue weighted by atomic mass is 9.63. The summed E-state index contributed by atoms with van der Waals surface area (Å²) in [6.45, 7) is 2.30. The van der Waals surface area contributed by atoms with Crippen molar-refractivity contribution < 1.29 is 27.8 Å². The third-order valence-electron chi connectivity index (χ3n) is 7.91. The van der Waals surface area contributed by atoms with Crippen molar-refractivity contribution in [1.82, 2.24) is 14.9 Å². The normalized spacial score (nSPS) is 20.2. The van der Waals surface area contributed by atoms with Crippen molar-refractivity contribution in [3.05, 3.63) is 66.0 Å². The highest BCUT2D eigenvalue weighted by Crippen LogP contribution is 2.48. The van der Waals surface area contributed by atoms with Crippen LogP contribution >= 0.6 is 0 Å². The predicted molar refractivity (Wildman–Crippen MR) is 150 cm³/mol. The molecule has 9 heteroatoms. The number of imidazole rings is 1. The van der Waals surface area contributed by atoms with E-state index < -0.39 is 18.6 Å². The van der Waals surface area contributed by atoms with Crippen molar-refractivity contribution in [2.24, 2.45) is 17.8 Å². The topological polar surface area (TPSA) is 78.5 Å². The number of aliphatic carboxylic acids is 1. The number of aromatic nitrogens is 2. The molecule has 2 N–H and O–H groups in total. The fourth-order valence-corrected chi connectivity index (χ4v) is 5.98. The first-order chi connectivity index (χ1) is 19.1. The van der Waals surface area contributed by atoms with Gasteiger partial charge in [-0.05, 0) is 93.3 Å². The van der Waals surface area contributed by atoms with Crippen LogP contribution < -0.4 is 4.74 Å². The summed E-state index contributed by atoms with van der Waals surface area (Å²) in [6, 6.07) is 17.1. The Bertz CT molecular complexity index is 1290. The van der Waals surface area contributed by atoms with E-state index in [0.29, 0.717) is 0 Å². The zero-order valence-electron chi connectivity index (χ0n) is 23.1. The second-order valence-electron chi connectivity index (χ2n) is 10.8. The summed E-state index contributed by atoms with van der Waals surface area (Å²) in [5.74, 6) is 2.44. The lowest BCUT2D eigenvalue weighted by Gasteiger charge is -2.42. The molecule has 3 aliphatic carbocycles. The molecule has 3 aromatic rings. The van der Waals surface area contributed by atoms with Gasteiger partial charge in [-0.15, -0.1) is 0 Å². The second-order valence-corrected chi connectivity index (χ2v) is 10.8. The number of carbonyl (C=O) groups is 1. The predicted octanol–water partition coefficient (Wildman–Crippen LogP) is 6.98. The largest absolute Gasteiger partial charge is 0.494 e. The molecule has 2 aromatic carbocycles. The molecule has 1 aromatic heterocycles. The molecule has 0 amide bonds. The van der Waals surface area contributed by atoms with Crippen LogP contribution in [-0.4, -0.2) is 59.4 Å². The van der Waals surface area contributed by atoms with E-state index in [2.05, 4.69) is 59.4 Å². The Labute approximate surface area is 233 Å². The first-order valence-corrected chi connectivity index (χ1v) is 13.9. The van der Waals surface area contributed by atoms with Crippen LogP contribution in [0.3, 0.4) is 0 Å². The van der Waals surface area contributed by atoms with Crippen LogP contribution in [0.25, 0.3) is 16.6 Å². The van der Waals surface area contributed by atoms with Crippen LogP contribution in [0.5, 0.6) is 5.75 Å². The summed E-state index contributed by atoms with van der Waals surface area (Å²) < 4.78 is 38.2. The van der Waals surface area contributed by atoms with Gasteiger partial charge in [0.25, 0.3) is 0 Å². The number of hydrogen-bond acceptors (Lipinski definition) is 4. The van der Waals surface area contributed by atoms with Gasteiger partial charge < -0.3 is 19.7 Å². The molecular weight excluding hydrogens is 519 g/mol. The van der Waals surface area contributed by atoms with E-state index in [1.807, 2.05) is 12.1 Å². The Morgan fingerprint density at radius 1 is 1.12 bits per heavy atom. The Morgan fingerprint density at radius 2 is 1.90 bits per heavy atom. The number of hydrogen-bond donors (Lipinski definition) is 2. The number of rotatable bonds is 10. The van der Waals surface area contributed by atoms with Crippen molar-refractivity contribution in [2.75, 3.05) is 27.2 Å². The van der Waals surface area contributed by atoms with Crippen molar-refractivity contribution in [1.29, 1.82) is 0 Å². The molecule has 216 valence electrons. The van der Waals surface area contributed by atoms with Gasteiger partial charge in [-0.1, -0.05) is 42.5 Å². The molecule has 1 heterocycles. The van der Waals surface area contributed by atoms with Crippen LogP contribution in [0, 0.1) is 17.8 Å². The molecule has 3 atom stereocenters. The highest BCUT2D eigenvalue weighted by Gasteiger charge is 2.36. The average molecular weight is 558 g/mol. The maximum atomic E-state index is 10.9. The summed E-state index contributed by atoms with van der Waals surface area (Å²) in [7, 11) is 3.97. The molecule has 1 saturated carbocycles. The van der Waals surface area contributed by atoms with Gasteiger partial charge in [0.15, 0.2) is 0 Å². The Balaban J connectivity index is 0.000000406. The number of allylic oxidation sites excluding steroid dienone is 2. The molecule has 0 aliphatic heterocycles. The number of halogens is 3. The van der Waals surface area contributed by atoms with Gasteiger partial charge in [-0.3, -0.25) is 4.79 Å². The van der Waals surface area contributed by atoms with Gasteiger partial charge in [0.2, 0.25) is 0 Å². The molecule has 0 saturated heterocycles. The number of nitrogens with one attached hydrogen (secondary N) is 1. The molecule has 0 radical (unpaired) electrons. The van der Waals surface area contributed by atoms with Crippen molar-refractivity contribution >= 4 is 22.6 Å². The van der Waals surface area contributed by atoms with Crippen LogP contribution in [-0.2, 0) is 11.2 Å². The molecule has 3 aliphatic rings. The van der Waals surface area contributed by atoms with E-state index in [0.717, 1.165) is 59.7 Å². The van der Waals surface area contributed by atoms with Crippen LogP contribution in [0.1, 0.15) is 49.9 Å². The summed E-state index contributed by atoms with van der Waals surface area (Å²) >= 11 is 0. The maximum absolute atomic E-state index is 10.9. The zero-order chi connectivity index (χ0) is 28.7. The first-order valence-electron chi connectivity index (χ1n) is 13.9. The van der Waals surface area contributed by atoms with Crippen molar-refractivity contribution in [3.63, 3.8) is 0 Å². The van der Waals surface area contributed by atoms with E-state index in [-0.39, 0.29) is 0 Å². The van der Waals surface area contributed by atoms with E-state index in [4.69, 9.17) is 14.8 Å². The Hall–Kier alpha value is -3.33. The number of methoxy groups -OCH3 is 1. The average Bonchev–Trinajstić information content (AvgIpc) is 3.35. The summed E-state index contributed by atoms with van der Waals surface area (Å²) in [6.07, 6.45) is 3.82. The number of alkyl halides is 3. The van der Waals surface area contributed by atoms with E-state index in [1.54, 1.807) is 12.7 Å². The number of ether oxygens (including phenoxy) is 1. The van der Waals surface area contributed by atoms with Gasteiger partial charge in [-0.25, -0.2) is 4.98 Å². The van der Waals surface area contributed by atoms with Crippen molar-refractivity contribution in [2.45, 2.75) is 51.1 Å². The second kappa shape index (κ2) is 13.4. The highest BCUT2D eigenvalue weighted by atomic mass is 19.4. The smallest absolute Gasteiger partial charge is 0.399 e. The molecule has 1 fully saturated rings. The molecule has 0 spiro atoms. The molecule has 6 nitrogen and oxygen atoms in total. The third kappa shape index (κ3) is 8.10. The number of fused-ring (bicyclic) bond motifs is 3. The first kappa shape index (κ1) is 29.6. The monoisotopic (exact) mass is 557 g/mol. The summed E-state index contributed by atoms with van der Waals surface area (Å²) in [5.41, 5.74) is 5.06. The number of H-pyrrole nitrogens is 1. The van der Waals surface area contributed by atoms with E-state index >= 15 is 0 Å². The van der Waals surface area contributed by atoms with Gasteiger partial charge in [0.05, 0.1) is 12.6 Å². The number of carboxylic acids is 1. The Morgan fingerprint density at radius 3 is 2.52 bits per heavy atom. The molecule has 6 rings (SSSR count). The standard InChI is InChI=1S/C28H35N3O.C3H3F3O2/c1-31(16-7-12-27-29-25-10-6-11-26(32-2)28(25)30-27)17-15-22-18-23-14-13-21(22)19-24(23)20-8-4-3-5-9-20;4-3(5,6)1-2(7)8/h3-6,8-11,19,21-23H,7,12-18H2,1-2H3,(H,29,30);1H2,(H,7,8)/t21-,22-,23+;/m1./s1. The lowest BCUT2D eigenvalue weighted by Crippen LogP contribution is -2.32. The summed E-state index contributed by atoms with van der Waals surface area (Å²) in [5, 5.41) is 7.53. The minimum absolute atomic E-state index is 0.766. The zero-order valence-corrected chi connectivity index (χ0v) is 23.1. The van der Waals surface area contributed by atoms with Crippen LogP contribution in [0.4, 0.5) is 13.2 Å². The minimum Gasteiger partial charge on any atom is -0.494 e. The van der Waals surface area contributed by atoms with Crippen LogP contribution in [0.15, 0.2) is 54.6 Å². The van der Waals surface area contributed by atoms with Gasteiger partial charge in [0, 0.05) is 6.42 Å². The number of benzene rings is 2. The molecule has 0 unspecified atom stereocenters. The number of para-hydroxylation sites is 1. The lowest BCUT2D eigenvalue weighted by molar-refractivity contribution is -0.166. The van der Waals surface area contributed by atoms with E-state index in [9.17, 15) is 18.0 Å². The number of aryl methyl sites for hydroxylation is 1. The molecule has 40 heavy (non-hydrogen) atoms. The minimum atomic E-state index is -4.58. The molecular formula is C31H38F3N3O3. The van der Waals surface area contributed by atoms with E-state index in [1.165, 1.54) is 37.8 Å². The fourth-order valence-electron chi connectivity index (χ4n) is 5.98. The number of aromatic amines is 1. The maximum Gasteiger partial charge on any atom is 0.399 e. The number of nitrogens with zero attached hydrogens (tertiary/aromatic N) is 2. The fraction of sp³-hybridized carbons (Fsp3) is 0.484. The number of carboxylic acid groups (broad SMARTS) is 1. The SMILES string of the molecule is COc1cccc2[nH]c(CCCN(C)CC[C@@H]3C[C@@H]4CC[C@@H]3C=C4c3ccccc3)nc12.O=C(O)CC(F)(F)F.